The van der Waals surface area contributed by atoms with Crippen LogP contribution in [-0.2, 0) is 6.16 Å². The molecule has 0 saturated heterocycles. The second-order valence-electron chi connectivity index (χ2n) is 2.78. The number of benzene rings is 1. The van der Waals surface area contributed by atoms with Gasteiger partial charge in [-0.25, -0.2) is 0 Å². The number of methoxy groups -OCH3 is 3. The smallest absolute Gasteiger partial charge is 0.203 e. The average molecular weight is 295 g/mol. The van der Waals surface area contributed by atoms with E-state index in [0.29, 0.717) is 17.2 Å². The van der Waals surface area contributed by atoms with E-state index < -0.39 is 0 Å². The Balaban J connectivity index is 0.00000196. The van der Waals surface area contributed by atoms with Gasteiger partial charge in [-0.15, -0.1) is 0 Å². The highest BCUT2D eigenvalue weighted by molar-refractivity contribution is 7.15. The molecule has 5 heteroatoms. The maximum atomic E-state index is 5.22. The van der Waals surface area contributed by atoms with Gasteiger partial charge in [-0.1, -0.05) is 0 Å². The Hall–Kier alpha value is -0.470. The molecule has 0 fully saturated rings. The van der Waals surface area contributed by atoms with Gasteiger partial charge in [-0.2, -0.15) is 0 Å². The average Bonchev–Trinajstić information content (AvgIpc) is 2.26. The molecule has 1 rings (SSSR count). The van der Waals surface area contributed by atoms with Crippen molar-refractivity contribution in [1.82, 2.24) is 0 Å². The molecule has 0 N–H and O–H groups in total. The molecule has 0 bridgehead atoms. The van der Waals surface area contributed by atoms with Crippen molar-refractivity contribution >= 4 is 9.24 Å². The van der Waals surface area contributed by atoms with E-state index in [1.807, 2.05) is 21.4 Å². The predicted octanol–water partition coefficient (Wildman–Crippen LogP) is -1.18. The van der Waals surface area contributed by atoms with E-state index >= 15 is 0 Å². The second-order valence-corrected chi connectivity index (χ2v) is 3.28. The number of hydrogen-bond donors (Lipinski definition) is 0. The lowest BCUT2D eigenvalue weighted by molar-refractivity contribution is -0.00000365. The zero-order valence-corrected chi connectivity index (χ0v) is 12.2. The molecular formula is C10H16BrO3P. The quantitative estimate of drug-likeness (QED) is 0.655. The number of ether oxygens (including phenoxy) is 3. The minimum atomic E-state index is 0. The molecule has 0 amide bonds. The monoisotopic (exact) mass is 294 g/mol. The summed E-state index contributed by atoms with van der Waals surface area (Å²) in [5.74, 6) is 2.08. The normalized spacial score (nSPS) is 9.27. The summed E-state index contributed by atoms with van der Waals surface area (Å²) in [6, 6.07) is 3.93. The Morgan fingerprint density at radius 3 is 1.73 bits per heavy atom. The summed E-state index contributed by atoms with van der Waals surface area (Å²) in [6.45, 7) is 0. The zero-order valence-electron chi connectivity index (χ0n) is 9.17. The van der Waals surface area contributed by atoms with Crippen molar-refractivity contribution in [3.8, 4) is 17.2 Å². The third kappa shape index (κ3) is 3.25. The Labute approximate surface area is 103 Å². The molecule has 3 nitrogen and oxygen atoms in total. The molecular weight excluding hydrogens is 279 g/mol. The fourth-order valence-corrected chi connectivity index (χ4v) is 1.57. The Morgan fingerprint density at radius 2 is 1.47 bits per heavy atom. The summed E-state index contributed by atoms with van der Waals surface area (Å²) in [6.07, 6.45) is 0.969. The van der Waals surface area contributed by atoms with Crippen LogP contribution in [0.15, 0.2) is 12.1 Å². The predicted molar refractivity (Wildman–Crippen MR) is 60.9 cm³/mol. The minimum absolute atomic E-state index is 0. The van der Waals surface area contributed by atoms with Crippen LogP contribution >= 0.6 is 9.24 Å². The van der Waals surface area contributed by atoms with Crippen molar-refractivity contribution in [3.63, 3.8) is 0 Å². The van der Waals surface area contributed by atoms with Gasteiger partial charge < -0.3 is 31.2 Å². The maximum absolute atomic E-state index is 5.22. The van der Waals surface area contributed by atoms with Crippen molar-refractivity contribution in [2.75, 3.05) is 21.3 Å². The first kappa shape index (κ1) is 14.5. The van der Waals surface area contributed by atoms with E-state index in [0.717, 1.165) is 6.16 Å². The van der Waals surface area contributed by atoms with Crippen LogP contribution in [0.3, 0.4) is 0 Å². The van der Waals surface area contributed by atoms with E-state index in [4.69, 9.17) is 14.2 Å². The fraction of sp³-hybridized carbons (Fsp3) is 0.400. The van der Waals surface area contributed by atoms with Gasteiger partial charge in [0.15, 0.2) is 11.5 Å². The van der Waals surface area contributed by atoms with Gasteiger partial charge in [0.1, 0.15) is 0 Å². The summed E-state index contributed by atoms with van der Waals surface area (Å²) in [4.78, 5) is 0. The summed E-state index contributed by atoms with van der Waals surface area (Å²) in [5.41, 5.74) is 1.18. The number of halogens is 1. The van der Waals surface area contributed by atoms with Gasteiger partial charge >= 0.3 is 0 Å². The maximum Gasteiger partial charge on any atom is 0.203 e. The molecule has 86 valence electrons. The molecule has 1 aromatic rings. The van der Waals surface area contributed by atoms with Gasteiger partial charge in [-0.3, -0.25) is 0 Å². The van der Waals surface area contributed by atoms with Crippen LogP contribution in [0.25, 0.3) is 0 Å². The zero-order chi connectivity index (χ0) is 10.6. The van der Waals surface area contributed by atoms with Gasteiger partial charge in [0.2, 0.25) is 5.75 Å². The summed E-state index contributed by atoms with van der Waals surface area (Å²) in [7, 11) is 6.75. The van der Waals surface area contributed by atoms with Crippen LogP contribution in [-0.4, -0.2) is 21.3 Å². The standard InChI is InChI=1S/C10H15O3P.BrH/c1-11-8-4-7(6-14)5-9(12-2)10(8)13-3;/h4-5H,6,14H2,1-3H3;1H. The van der Waals surface area contributed by atoms with E-state index in [1.54, 1.807) is 21.3 Å². The largest absolute Gasteiger partial charge is 1.00 e. The van der Waals surface area contributed by atoms with Gasteiger partial charge in [0.25, 0.3) is 0 Å². The lowest BCUT2D eigenvalue weighted by atomic mass is 10.2. The fourth-order valence-electron chi connectivity index (χ4n) is 1.28. The van der Waals surface area contributed by atoms with Gasteiger partial charge in [0, 0.05) is 0 Å². The first-order chi connectivity index (χ1) is 6.76. The van der Waals surface area contributed by atoms with Crippen LogP contribution in [0, 0.1) is 0 Å². The molecule has 0 aliphatic heterocycles. The van der Waals surface area contributed by atoms with Gasteiger partial charge in [-0.05, 0) is 26.9 Å². The molecule has 0 saturated carbocycles. The van der Waals surface area contributed by atoms with Crippen molar-refractivity contribution < 1.29 is 31.2 Å². The molecule has 1 aromatic carbocycles. The summed E-state index contributed by atoms with van der Waals surface area (Å²) in [5, 5.41) is 0. The van der Waals surface area contributed by atoms with E-state index in [1.165, 1.54) is 5.56 Å². The minimum Gasteiger partial charge on any atom is -1.00 e. The van der Waals surface area contributed by atoms with Gasteiger partial charge in [0.05, 0.1) is 27.5 Å². The molecule has 0 radical (unpaired) electrons. The lowest BCUT2D eigenvalue weighted by Gasteiger charge is -2.12. The number of hydrogen-bond acceptors (Lipinski definition) is 3. The molecule has 0 aromatic heterocycles. The van der Waals surface area contributed by atoms with Crippen LogP contribution in [0.5, 0.6) is 17.2 Å². The van der Waals surface area contributed by atoms with Crippen LogP contribution in [0.4, 0.5) is 0 Å². The second kappa shape index (κ2) is 6.91. The third-order valence-corrected chi connectivity index (χ3v) is 2.59. The number of rotatable bonds is 4. The van der Waals surface area contributed by atoms with Crippen molar-refractivity contribution in [3.05, 3.63) is 17.7 Å². The summed E-state index contributed by atoms with van der Waals surface area (Å²) < 4.78 is 15.6. The molecule has 0 heterocycles. The highest BCUT2D eigenvalue weighted by atomic mass is 79.9. The first-order valence-electron chi connectivity index (χ1n) is 4.35. The molecule has 1 atom stereocenters. The van der Waals surface area contributed by atoms with Crippen molar-refractivity contribution in [2.24, 2.45) is 0 Å². The first-order valence-corrected chi connectivity index (χ1v) is 5.35. The molecule has 1 unspecified atom stereocenters. The topological polar surface area (TPSA) is 27.7 Å². The van der Waals surface area contributed by atoms with Crippen molar-refractivity contribution in [1.29, 1.82) is 0 Å². The summed E-state index contributed by atoms with van der Waals surface area (Å²) >= 11 is 0. The molecule has 0 aliphatic rings. The van der Waals surface area contributed by atoms with Crippen LogP contribution in [0.2, 0.25) is 0 Å². The van der Waals surface area contributed by atoms with Crippen molar-refractivity contribution in [2.45, 2.75) is 6.16 Å². The SMILES string of the molecule is COc1cc(C[PH3+])cc(OC)c1OC.[Br-]. The van der Waals surface area contributed by atoms with E-state index in [2.05, 4.69) is 0 Å². The highest BCUT2D eigenvalue weighted by Gasteiger charge is 2.12. The Bertz CT molecular complexity index is 293. The van der Waals surface area contributed by atoms with E-state index in [9.17, 15) is 0 Å². The lowest BCUT2D eigenvalue weighted by Crippen LogP contribution is -3.00. The van der Waals surface area contributed by atoms with Crippen LogP contribution in [0.1, 0.15) is 5.56 Å². The Kier molecular flexibility index (Phi) is 6.70. The molecule has 0 spiro atoms. The highest BCUT2D eigenvalue weighted by Crippen LogP contribution is 2.38. The van der Waals surface area contributed by atoms with Crippen LogP contribution < -0.4 is 31.2 Å². The Morgan fingerprint density at radius 1 is 1.00 bits per heavy atom. The molecule has 15 heavy (non-hydrogen) atoms. The molecule has 0 aliphatic carbocycles. The third-order valence-electron chi connectivity index (χ3n) is 2.01. The van der Waals surface area contributed by atoms with E-state index in [-0.39, 0.29) is 17.0 Å².